The van der Waals surface area contributed by atoms with Crippen molar-refractivity contribution in [3.8, 4) is 11.1 Å². The van der Waals surface area contributed by atoms with E-state index in [9.17, 15) is 0 Å². The molecule has 4 aliphatic rings. The number of furan rings is 2. The maximum Gasteiger partial charge on any atom is 0.143 e. The number of nitrogens with zero attached hydrogens (tertiary/aromatic N) is 1. The number of amidine groups is 1. The van der Waals surface area contributed by atoms with Gasteiger partial charge in [-0.1, -0.05) is 134 Å². The molecule has 48 heavy (non-hydrogen) atoms. The summed E-state index contributed by atoms with van der Waals surface area (Å²) in [6, 6.07) is 33.8. The number of benzene rings is 4. The van der Waals surface area contributed by atoms with Crippen LogP contribution in [0.1, 0.15) is 47.4 Å². The molecule has 232 valence electrons. The molecular formula is C43H33N3O2. The largest absolute Gasteiger partial charge is 0.460 e. The lowest BCUT2D eigenvalue weighted by Crippen LogP contribution is -2.54. The zero-order valence-electron chi connectivity index (χ0n) is 26.3. The third-order valence-electron chi connectivity index (χ3n) is 10.2. The summed E-state index contributed by atoms with van der Waals surface area (Å²) >= 11 is 0. The zero-order chi connectivity index (χ0) is 31.6. The second-order valence-corrected chi connectivity index (χ2v) is 13.0. The summed E-state index contributed by atoms with van der Waals surface area (Å²) < 4.78 is 13.6. The van der Waals surface area contributed by atoms with Gasteiger partial charge in [-0.3, -0.25) is 5.32 Å². The highest BCUT2D eigenvalue weighted by atomic mass is 16.3. The molecule has 4 unspecified atom stereocenters. The predicted octanol–water partition coefficient (Wildman–Crippen LogP) is 8.09. The van der Waals surface area contributed by atoms with Crippen LogP contribution < -0.4 is 21.3 Å². The number of aliphatic imine (C=N–C) groups is 1. The first-order chi connectivity index (χ1) is 23.8. The van der Waals surface area contributed by atoms with Gasteiger partial charge in [0.1, 0.15) is 40.5 Å². The zero-order valence-corrected chi connectivity index (χ0v) is 26.3. The van der Waals surface area contributed by atoms with Crippen LogP contribution in [0.15, 0.2) is 141 Å². The normalized spacial score (nSPS) is 22.5. The van der Waals surface area contributed by atoms with Gasteiger partial charge in [0.2, 0.25) is 0 Å². The fraction of sp³-hybridized carbons (Fsp3) is 0.140. The average Bonchev–Trinajstić information content (AvgIpc) is 3.74. The minimum absolute atomic E-state index is 0.153. The van der Waals surface area contributed by atoms with Crippen molar-refractivity contribution >= 4 is 45.5 Å². The van der Waals surface area contributed by atoms with Gasteiger partial charge < -0.3 is 14.2 Å². The predicted molar refractivity (Wildman–Crippen MR) is 194 cm³/mol. The average molecular weight is 624 g/mol. The molecule has 2 aromatic heterocycles. The molecule has 10 rings (SSSR count). The van der Waals surface area contributed by atoms with Crippen LogP contribution in [0.2, 0.25) is 0 Å². The number of fused-ring (bicyclic) bond motifs is 8. The standard InChI is InChI=1S/C43H33N3O2/c1-3-13-27(14-4-1)41-44-42(28-15-5-2-6-16-28)46-43(45-41)35-22-10-21-33-32-20-9-19-31(39(32)48-40(33)35)30-18-11-23-36-37(30)34-25-24-26-12-7-8-17-29(26)38(34)47-36/h1-9,11-21,23-26,29,41,43,45H,10,22H2,(H,44,46). The molecule has 1 aliphatic heterocycles. The van der Waals surface area contributed by atoms with E-state index in [4.69, 9.17) is 13.8 Å². The van der Waals surface area contributed by atoms with Crippen molar-refractivity contribution in [3.05, 3.63) is 161 Å². The van der Waals surface area contributed by atoms with E-state index in [-0.39, 0.29) is 18.2 Å². The summed E-state index contributed by atoms with van der Waals surface area (Å²) in [7, 11) is 0. The number of para-hydroxylation sites is 1. The van der Waals surface area contributed by atoms with Crippen LogP contribution in [0.5, 0.6) is 0 Å². The summed E-state index contributed by atoms with van der Waals surface area (Å²) in [5.74, 6) is 2.46. The molecule has 0 bridgehead atoms. The first-order valence-electron chi connectivity index (χ1n) is 16.8. The number of hydrogen-bond donors (Lipinski definition) is 2. The van der Waals surface area contributed by atoms with E-state index in [1.807, 2.05) is 12.1 Å². The minimum Gasteiger partial charge on any atom is -0.460 e. The summed E-state index contributed by atoms with van der Waals surface area (Å²) in [5.41, 5.74) is 9.55. The van der Waals surface area contributed by atoms with Crippen LogP contribution in [0, 0.1) is 5.92 Å². The third kappa shape index (κ3) is 4.31. The van der Waals surface area contributed by atoms with Crippen molar-refractivity contribution in [3.63, 3.8) is 0 Å². The van der Waals surface area contributed by atoms with Crippen LogP contribution in [0.3, 0.4) is 0 Å². The summed E-state index contributed by atoms with van der Waals surface area (Å²) in [5, 5.41) is 11.0. The summed E-state index contributed by atoms with van der Waals surface area (Å²) in [6.45, 7) is 0. The van der Waals surface area contributed by atoms with Gasteiger partial charge in [0.05, 0.1) is 0 Å². The molecule has 0 saturated heterocycles. The molecular weight excluding hydrogens is 590 g/mol. The maximum atomic E-state index is 7.02. The van der Waals surface area contributed by atoms with Crippen molar-refractivity contribution in [2.75, 3.05) is 0 Å². The lowest BCUT2D eigenvalue weighted by molar-refractivity contribution is 0.445. The molecule has 2 N–H and O–H groups in total. The van der Waals surface area contributed by atoms with Crippen LogP contribution in [0.4, 0.5) is 0 Å². The Kier molecular flexibility index (Phi) is 6.27. The topological polar surface area (TPSA) is 62.7 Å². The van der Waals surface area contributed by atoms with Crippen molar-refractivity contribution < 1.29 is 8.83 Å². The fourth-order valence-corrected chi connectivity index (χ4v) is 7.95. The Balaban J connectivity index is 1.14. The Labute approximate surface area is 278 Å². The first kappa shape index (κ1) is 27.5. The van der Waals surface area contributed by atoms with Crippen LogP contribution in [-0.2, 0) is 0 Å². The van der Waals surface area contributed by atoms with E-state index >= 15 is 0 Å². The number of allylic oxidation sites excluding steroid dienone is 5. The molecule has 0 amide bonds. The molecule has 3 heterocycles. The summed E-state index contributed by atoms with van der Waals surface area (Å²) in [4.78, 5) is 5.12. The van der Waals surface area contributed by atoms with Gasteiger partial charge >= 0.3 is 0 Å². The Hall–Kier alpha value is -5.65. The van der Waals surface area contributed by atoms with Crippen molar-refractivity contribution in [2.45, 2.75) is 31.1 Å². The lowest BCUT2D eigenvalue weighted by atomic mass is 9.80. The SMILES string of the molecule is C1=CC2C=Cc3c(oc4cccc(-c5cccc6c7c(oc56)=C(C5NC(c6ccccc6)=NC(c6ccccc6)N5)CCC=7)c34)C2C=C1. The van der Waals surface area contributed by atoms with E-state index < -0.39 is 0 Å². The highest BCUT2D eigenvalue weighted by molar-refractivity contribution is 6.06. The van der Waals surface area contributed by atoms with E-state index in [1.54, 1.807) is 0 Å². The quantitative estimate of drug-likeness (QED) is 0.208. The first-order valence-corrected chi connectivity index (χ1v) is 16.8. The smallest absolute Gasteiger partial charge is 0.143 e. The van der Waals surface area contributed by atoms with Gasteiger partial charge in [0, 0.05) is 50.1 Å². The molecule has 5 heteroatoms. The van der Waals surface area contributed by atoms with E-state index in [2.05, 4.69) is 138 Å². The third-order valence-corrected chi connectivity index (χ3v) is 10.2. The van der Waals surface area contributed by atoms with Gasteiger partial charge in [-0.05, 0) is 30.0 Å². The monoisotopic (exact) mass is 623 g/mol. The molecule has 0 saturated carbocycles. The fourth-order valence-electron chi connectivity index (χ4n) is 7.95. The van der Waals surface area contributed by atoms with Crippen LogP contribution >= 0.6 is 0 Å². The molecule has 4 aromatic carbocycles. The molecule has 4 atom stereocenters. The number of nitrogens with one attached hydrogen (secondary N) is 2. The second-order valence-electron chi connectivity index (χ2n) is 13.0. The van der Waals surface area contributed by atoms with Gasteiger partial charge in [-0.15, -0.1) is 0 Å². The second kappa shape index (κ2) is 11.0. The Morgan fingerprint density at radius 3 is 2.46 bits per heavy atom. The lowest BCUT2D eigenvalue weighted by Gasteiger charge is -2.33. The van der Waals surface area contributed by atoms with Crippen molar-refractivity contribution in [2.24, 2.45) is 10.9 Å². The minimum atomic E-state index is -0.193. The molecule has 0 radical (unpaired) electrons. The van der Waals surface area contributed by atoms with E-state index in [0.29, 0.717) is 5.92 Å². The van der Waals surface area contributed by atoms with E-state index in [0.717, 1.165) is 74.0 Å². The molecule has 5 nitrogen and oxygen atoms in total. The van der Waals surface area contributed by atoms with Gasteiger partial charge in [0.25, 0.3) is 0 Å². The molecule has 3 aliphatic carbocycles. The highest BCUT2D eigenvalue weighted by Crippen LogP contribution is 2.46. The van der Waals surface area contributed by atoms with Crippen molar-refractivity contribution in [1.29, 1.82) is 0 Å². The Morgan fingerprint density at radius 1 is 0.750 bits per heavy atom. The van der Waals surface area contributed by atoms with Crippen molar-refractivity contribution in [1.82, 2.24) is 10.6 Å². The van der Waals surface area contributed by atoms with Crippen LogP contribution in [-0.4, -0.2) is 12.0 Å². The van der Waals surface area contributed by atoms with E-state index in [1.165, 1.54) is 16.4 Å². The molecule has 0 fully saturated rings. The number of hydrogen-bond acceptors (Lipinski definition) is 5. The number of rotatable bonds is 4. The van der Waals surface area contributed by atoms with Gasteiger partial charge in [-0.25, -0.2) is 4.99 Å². The van der Waals surface area contributed by atoms with Gasteiger partial charge in [0.15, 0.2) is 0 Å². The molecule has 6 aromatic rings. The summed E-state index contributed by atoms with van der Waals surface area (Å²) in [6.07, 6.45) is 17.1. The molecule has 0 spiro atoms. The highest BCUT2D eigenvalue weighted by Gasteiger charge is 2.32. The Bertz CT molecular complexity index is 2480. The Morgan fingerprint density at radius 2 is 1.56 bits per heavy atom. The maximum absolute atomic E-state index is 7.02. The van der Waals surface area contributed by atoms with Gasteiger partial charge in [-0.2, -0.15) is 0 Å². The van der Waals surface area contributed by atoms with Crippen LogP contribution in [0.25, 0.3) is 50.8 Å².